The molecule has 2 heteroatoms. The molecular weight excluding hydrogens is 248 g/mol. The minimum atomic E-state index is -0.152. The molecule has 1 radical (unpaired) electrons. The molecule has 0 saturated carbocycles. The van der Waals surface area contributed by atoms with E-state index in [4.69, 9.17) is 0 Å². The monoisotopic (exact) mass is 259 g/mol. The number of fused-ring (bicyclic) bond motifs is 1. The fraction of sp³-hybridized carbons (Fsp3) is 0. The van der Waals surface area contributed by atoms with Crippen molar-refractivity contribution in [2.45, 2.75) is 0 Å². The molecule has 0 heterocycles. The van der Waals surface area contributed by atoms with E-state index in [2.05, 4.69) is 0 Å². The largest absolute Gasteiger partial charge is 0.289 e. The Kier molecular flexibility index (Phi) is 3.13. The number of carbonyl (C=O) groups is 1. The Hall–Kier alpha value is -2.74. The molecular formula is C18H11O2. The molecule has 0 atom stereocenters. The Morgan fingerprint density at radius 2 is 1.40 bits per heavy atom. The van der Waals surface area contributed by atoms with Crippen molar-refractivity contribution in [3.8, 4) is 0 Å². The van der Waals surface area contributed by atoms with E-state index in [1.54, 1.807) is 30.3 Å². The van der Waals surface area contributed by atoms with E-state index >= 15 is 0 Å². The van der Waals surface area contributed by atoms with Crippen LogP contribution < -0.4 is 0 Å². The lowest BCUT2D eigenvalue weighted by Gasteiger charge is -2.07. The lowest BCUT2D eigenvalue weighted by atomic mass is 9.95. The van der Waals surface area contributed by atoms with Crippen LogP contribution in [0.4, 0.5) is 0 Å². The molecule has 0 N–H and O–H groups in total. The highest BCUT2D eigenvalue weighted by molar-refractivity contribution is 6.18. The van der Waals surface area contributed by atoms with Crippen molar-refractivity contribution in [1.82, 2.24) is 0 Å². The summed E-state index contributed by atoms with van der Waals surface area (Å²) in [6, 6.07) is 20.0. The first kappa shape index (κ1) is 12.3. The summed E-state index contributed by atoms with van der Waals surface area (Å²) in [6.45, 7) is 0. The second-order valence-corrected chi connectivity index (χ2v) is 4.50. The van der Waals surface area contributed by atoms with E-state index in [0.29, 0.717) is 16.7 Å². The van der Waals surface area contributed by atoms with Crippen molar-refractivity contribution >= 4 is 22.8 Å². The van der Waals surface area contributed by atoms with E-state index in [-0.39, 0.29) is 5.78 Å². The van der Waals surface area contributed by atoms with Crippen LogP contribution in [0.5, 0.6) is 0 Å². The van der Waals surface area contributed by atoms with Crippen LogP contribution in [0.1, 0.15) is 21.5 Å². The second kappa shape index (κ2) is 5.10. The van der Waals surface area contributed by atoms with Gasteiger partial charge in [-0.3, -0.25) is 9.59 Å². The lowest BCUT2D eigenvalue weighted by molar-refractivity contribution is 0.104. The first-order valence-corrected chi connectivity index (χ1v) is 6.31. The highest BCUT2D eigenvalue weighted by Gasteiger charge is 2.15. The van der Waals surface area contributed by atoms with Gasteiger partial charge in [-0.1, -0.05) is 66.7 Å². The van der Waals surface area contributed by atoms with Gasteiger partial charge in [0.2, 0.25) is 6.29 Å². The van der Waals surface area contributed by atoms with Gasteiger partial charge in [0, 0.05) is 16.7 Å². The minimum Gasteiger partial charge on any atom is -0.289 e. The average Bonchev–Trinajstić information content (AvgIpc) is 2.53. The van der Waals surface area contributed by atoms with E-state index in [9.17, 15) is 9.59 Å². The van der Waals surface area contributed by atoms with E-state index in [0.717, 1.165) is 10.8 Å². The van der Waals surface area contributed by atoms with Crippen molar-refractivity contribution in [3.63, 3.8) is 0 Å². The third-order valence-electron chi connectivity index (χ3n) is 3.32. The maximum Gasteiger partial charge on any atom is 0.234 e. The van der Waals surface area contributed by atoms with Gasteiger partial charge in [0.25, 0.3) is 0 Å². The van der Waals surface area contributed by atoms with Gasteiger partial charge in [-0.05, 0) is 10.8 Å². The highest BCUT2D eigenvalue weighted by atomic mass is 16.1. The summed E-state index contributed by atoms with van der Waals surface area (Å²) in [4.78, 5) is 23.6. The van der Waals surface area contributed by atoms with Crippen LogP contribution in [0.3, 0.4) is 0 Å². The summed E-state index contributed by atoms with van der Waals surface area (Å²) in [5, 5.41) is 1.90. The minimum absolute atomic E-state index is 0.152. The molecule has 0 aromatic heterocycles. The van der Waals surface area contributed by atoms with Gasteiger partial charge in [0.1, 0.15) is 0 Å². The van der Waals surface area contributed by atoms with Gasteiger partial charge in [0.15, 0.2) is 5.78 Å². The molecule has 3 rings (SSSR count). The fourth-order valence-electron chi connectivity index (χ4n) is 2.34. The molecule has 0 amide bonds. The third kappa shape index (κ3) is 2.01. The van der Waals surface area contributed by atoms with Crippen molar-refractivity contribution in [3.05, 3.63) is 83.4 Å². The number of hydrogen-bond acceptors (Lipinski definition) is 2. The Morgan fingerprint density at radius 3 is 2.25 bits per heavy atom. The van der Waals surface area contributed by atoms with Crippen molar-refractivity contribution in [2.24, 2.45) is 0 Å². The molecule has 20 heavy (non-hydrogen) atoms. The summed E-state index contributed by atoms with van der Waals surface area (Å²) in [7, 11) is 0. The van der Waals surface area contributed by atoms with Crippen molar-refractivity contribution in [2.75, 3.05) is 0 Å². The number of hydrogen-bond donors (Lipinski definition) is 0. The molecule has 2 nitrogen and oxygen atoms in total. The highest BCUT2D eigenvalue weighted by Crippen LogP contribution is 2.22. The average molecular weight is 259 g/mol. The molecule has 3 aromatic carbocycles. The molecule has 0 saturated heterocycles. The first-order valence-electron chi connectivity index (χ1n) is 6.31. The van der Waals surface area contributed by atoms with Gasteiger partial charge in [-0.15, -0.1) is 0 Å². The van der Waals surface area contributed by atoms with Crippen LogP contribution in [-0.2, 0) is 4.79 Å². The molecule has 95 valence electrons. The van der Waals surface area contributed by atoms with Crippen molar-refractivity contribution < 1.29 is 9.59 Å². The van der Waals surface area contributed by atoms with Crippen LogP contribution in [0.15, 0.2) is 66.7 Å². The van der Waals surface area contributed by atoms with E-state index < -0.39 is 0 Å². The van der Waals surface area contributed by atoms with Crippen LogP contribution in [0.2, 0.25) is 0 Å². The van der Waals surface area contributed by atoms with Crippen LogP contribution >= 0.6 is 0 Å². The fourth-order valence-corrected chi connectivity index (χ4v) is 2.34. The molecule has 0 aliphatic heterocycles. The Morgan fingerprint density at radius 1 is 0.750 bits per heavy atom. The number of benzene rings is 3. The van der Waals surface area contributed by atoms with Crippen LogP contribution in [0.25, 0.3) is 10.8 Å². The zero-order chi connectivity index (χ0) is 13.9. The molecule has 0 bridgehead atoms. The SMILES string of the molecule is O=[C]c1ccccc1C(=O)c1cccc2ccccc12. The molecule has 3 aromatic rings. The van der Waals surface area contributed by atoms with Gasteiger partial charge in [0.05, 0.1) is 0 Å². The normalized spacial score (nSPS) is 10.4. The maximum absolute atomic E-state index is 12.7. The standard InChI is InChI=1S/C18H11O2/c19-12-14-7-2-4-10-16(14)18(20)17-11-5-8-13-6-1-3-9-15(13)17/h1-11H. The second-order valence-electron chi connectivity index (χ2n) is 4.50. The quantitative estimate of drug-likeness (QED) is 0.674. The van der Waals surface area contributed by atoms with Gasteiger partial charge in [-0.25, -0.2) is 0 Å². The summed E-state index contributed by atoms with van der Waals surface area (Å²) < 4.78 is 0. The summed E-state index contributed by atoms with van der Waals surface area (Å²) in [6.07, 6.45) is 1.82. The molecule has 0 unspecified atom stereocenters. The maximum atomic E-state index is 12.7. The topological polar surface area (TPSA) is 34.1 Å². The third-order valence-corrected chi connectivity index (χ3v) is 3.32. The number of carbonyl (C=O) groups excluding carboxylic acids is 2. The van der Waals surface area contributed by atoms with E-state index in [1.165, 1.54) is 0 Å². The lowest BCUT2D eigenvalue weighted by Crippen LogP contribution is -2.05. The van der Waals surface area contributed by atoms with Crippen LogP contribution in [-0.4, -0.2) is 12.1 Å². The first-order chi connectivity index (χ1) is 9.81. The zero-order valence-electron chi connectivity index (χ0n) is 10.7. The smallest absolute Gasteiger partial charge is 0.234 e. The molecule has 0 fully saturated rings. The predicted octanol–water partition coefficient (Wildman–Crippen LogP) is 3.53. The summed E-state index contributed by atoms with van der Waals surface area (Å²) >= 11 is 0. The van der Waals surface area contributed by atoms with Gasteiger partial charge in [-0.2, -0.15) is 0 Å². The van der Waals surface area contributed by atoms with Gasteiger partial charge < -0.3 is 0 Å². The van der Waals surface area contributed by atoms with E-state index in [1.807, 2.05) is 42.7 Å². The van der Waals surface area contributed by atoms with Crippen molar-refractivity contribution in [1.29, 1.82) is 0 Å². The van der Waals surface area contributed by atoms with Crippen LogP contribution in [0, 0.1) is 0 Å². The molecule has 0 aliphatic carbocycles. The number of rotatable bonds is 3. The number of ketones is 1. The Labute approximate surface area is 116 Å². The Balaban J connectivity index is 2.21. The predicted molar refractivity (Wildman–Crippen MR) is 78.6 cm³/mol. The summed E-state index contributed by atoms with van der Waals surface area (Å²) in [5.74, 6) is -0.152. The zero-order valence-corrected chi connectivity index (χ0v) is 10.7. The molecule has 0 spiro atoms. The Bertz CT molecular complexity index is 798. The molecule has 0 aliphatic rings. The van der Waals surface area contributed by atoms with Gasteiger partial charge >= 0.3 is 0 Å². The summed E-state index contributed by atoms with van der Waals surface area (Å²) in [5.41, 5.74) is 1.29.